The van der Waals surface area contributed by atoms with Gasteiger partial charge in [-0.1, -0.05) is 24.6 Å². The van der Waals surface area contributed by atoms with Crippen molar-refractivity contribution < 1.29 is 23.1 Å². The lowest BCUT2D eigenvalue weighted by molar-refractivity contribution is -0.137. The molecule has 0 fully saturated rings. The van der Waals surface area contributed by atoms with Gasteiger partial charge in [-0.05, 0) is 49.7 Å². The fourth-order valence-electron chi connectivity index (χ4n) is 2.26. The molecule has 25 heavy (non-hydrogen) atoms. The Labute approximate surface area is 147 Å². The van der Waals surface area contributed by atoms with Gasteiger partial charge in [0.05, 0.1) is 4.90 Å². The summed E-state index contributed by atoms with van der Waals surface area (Å²) < 4.78 is 31.8. The van der Waals surface area contributed by atoms with Gasteiger partial charge in [0.2, 0.25) is 10.0 Å². The van der Waals surface area contributed by atoms with Crippen LogP contribution >= 0.6 is 0 Å². The van der Waals surface area contributed by atoms with Crippen LogP contribution in [0.15, 0.2) is 53.4 Å². The first-order chi connectivity index (χ1) is 11.8. The lowest BCUT2D eigenvalue weighted by atomic mass is 10.2. The zero-order valence-corrected chi connectivity index (χ0v) is 15.0. The van der Waals surface area contributed by atoms with Crippen molar-refractivity contribution in [3.63, 3.8) is 0 Å². The van der Waals surface area contributed by atoms with Gasteiger partial charge in [-0.15, -0.1) is 0 Å². The monoisotopic (exact) mass is 363 g/mol. The Bertz CT molecular complexity index is 814. The van der Waals surface area contributed by atoms with Crippen molar-refractivity contribution in [1.29, 1.82) is 0 Å². The molecule has 1 N–H and O–H groups in total. The Morgan fingerprint density at radius 1 is 1.04 bits per heavy atom. The normalized spacial score (nSPS) is 11.5. The average Bonchev–Trinajstić information content (AvgIpc) is 2.57. The fraction of sp³-hybridized carbons (Fsp3) is 0.278. The summed E-state index contributed by atoms with van der Waals surface area (Å²) in [6.07, 6.45) is 0.529. The van der Waals surface area contributed by atoms with Crippen LogP contribution in [0.2, 0.25) is 0 Å². The zero-order chi connectivity index (χ0) is 18.4. The van der Waals surface area contributed by atoms with Crippen LogP contribution in [0.5, 0.6) is 11.5 Å². The maximum atomic E-state index is 12.6. The third-order valence-electron chi connectivity index (χ3n) is 3.50. The first-order valence-electron chi connectivity index (χ1n) is 7.89. The second kappa shape index (κ2) is 8.13. The number of hydrogen-bond acceptors (Lipinski definition) is 4. The molecule has 0 aliphatic rings. The van der Waals surface area contributed by atoms with E-state index in [4.69, 9.17) is 9.84 Å². The molecule has 0 spiro atoms. The molecule has 0 aliphatic carbocycles. The Morgan fingerprint density at radius 3 is 2.04 bits per heavy atom. The van der Waals surface area contributed by atoms with Crippen molar-refractivity contribution in [2.45, 2.75) is 25.2 Å². The molecule has 134 valence electrons. The van der Waals surface area contributed by atoms with Gasteiger partial charge < -0.3 is 9.84 Å². The number of carbonyl (C=O) groups is 1. The van der Waals surface area contributed by atoms with Crippen LogP contribution in [-0.4, -0.2) is 36.9 Å². The van der Waals surface area contributed by atoms with E-state index in [0.29, 0.717) is 17.9 Å². The molecular formula is C18H21NO5S. The highest BCUT2D eigenvalue weighted by atomic mass is 32.2. The molecule has 2 aromatic rings. The quantitative estimate of drug-likeness (QED) is 0.778. The van der Waals surface area contributed by atoms with Crippen molar-refractivity contribution >= 4 is 16.0 Å². The van der Waals surface area contributed by atoms with Crippen LogP contribution in [0, 0.1) is 6.92 Å². The van der Waals surface area contributed by atoms with E-state index in [2.05, 4.69) is 0 Å². The van der Waals surface area contributed by atoms with E-state index < -0.39 is 22.5 Å². The van der Waals surface area contributed by atoms with E-state index in [9.17, 15) is 13.2 Å². The summed E-state index contributed by atoms with van der Waals surface area (Å²) in [7, 11) is -3.86. The van der Waals surface area contributed by atoms with Gasteiger partial charge in [-0.2, -0.15) is 4.31 Å². The smallest absolute Gasteiger partial charge is 0.318 e. The molecule has 0 unspecified atom stereocenters. The van der Waals surface area contributed by atoms with Gasteiger partial charge >= 0.3 is 5.97 Å². The second-order valence-corrected chi connectivity index (χ2v) is 7.56. The SMILES string of the molecule is CCCN(CC(=O)O)S(=O)(=O)c1ccc(Oc2ccc(C)cc2)cc1. The molecular weight excluding hydrogens is 342 g/mol. The molecule has 2 aromatic carbocycles. The number of aryl methyl sites for hydroxylation is 1. The highest BCUT2D eigenvalue weighted by molar-refractivity contribution is 7.89. The minimum Gasteiger partial charge on any atom is -0.480 e. The van der Waals surface area contributed by atoms with Crippen LogP contribution in [0.3, 0.4) is 0 Å². The van der Waals surface area contributed by atoms with E-state index >= 15 is 0 Å². The minimum atomic E-state index is -3.86. The second-order valence-electron chi connectivity index (χ2n) is 5.62. The number of nitrogens with zero attached hydrogens (tertiary/aromatic N) is 1. The van der Waals surface area contributed by atoms with Crippen molar-refractivity contribution in [1.82, 2.24) is 4.31 Å². The van der Waals surface area contributed by atoms with Crippen LogP contribution in [0.25, 0.3) is 0 Å². The standard InChI is InChI=1S/C18H21NO5S/c1-3-12-19(13-18(20)21)25(22,23)17-10-8-16(9-11-17)24-15-6-4-14(2)5-7-15/h4-11H,3,12-13H2,1-2H3,(H,20,21). The number of carboxylic acid groups (broad SMARTS) is 1. The maximum absolute atomic E-state index is 12.6. The summed E-state index contributed by atoms with van der Waals surface area (Å²) in [5.41, 5.74) is 1.11. The number of carboxylic acids is 1. The highest BCUT2D eigenvalue weighted by Gasteiger charge is 2.25. The fourth-order valence-corrected chi connectivity index (χ4v) is 3.74. The van der Waals surface area contributed by atoms with Gasteiger partial charge in [0.1, 0.15) is 18.0 Å². The molecule has 0 bridgehead atoms. The molecule has 7 heteroatoms. The summed E-state index contributed by atoms with van der Waals surface area (Å²) in [4.78, 5) is 11.0. The van der Waals surface area contributed by atoms with Crippen molar-refractivity contribution in [2.75, 3.05) is 13.1 Å². The minimum absolute atomic E-state index is 0.0402. The number of aliphatic carboxylic acids is 1. The largest absolute Gasteiger partial charge is 0.480 e. The van der Waals surface area contributed by atoms with Gasteiger partial charge in [-0.25, -0.2) is 8.42 Å². The summed E-state index contributed by atoms with van der Waals surface area (Å²) in [6.45, 7) is 3.36. The van der Waals surface area contributed by atoms with Gasteiger partial charge in [-0.3, -0.25) is 4.79 Å². The van der Waals surface area contributed by atoms with Crippen molar-refractivity contribution in [2.24, 2.45) is 0 Å². The number of ether oxygens (including phenoxy) is 1. The molecule has 2 rings (SSSR count). The summed E-state index contributed by atoms with van der Waals surface area (Å²) in [5.74, 6) is -0.0286. The molecule has 0 saturated heterocycles. The van der Waals surface area contributed by atoms with E-state index in [0.717, 1.165) is 9.87 Å². The number of benzene rings is 2. The van der Waals surface area contributed by atoms with Gasteiger partial charge in [0, 0.05) is 6.54 Å². The average molecular weight is 363 g/mol. The Balaban J connectivity index is 2.19. The molecule has 0 heterocycles. The number of hydrogen-bond donors (Lipinski definition) is 1. The first kappa shape index (κ1) is 19.0. The lowest BCUT2D eigenvalue weighted by Gasteiger charge is -2.19. The number of sulfonamides is 1. The highest BCUT2D eigenvalue weighted by Crippen LogP contribution is 2.24. The molecule has 6 nitrogen and oxygen atoms in total. The third kappa shape index (κ3) is 5.04. The Morgan fingerprint density at radius 2 is 1.56 bits per heavy atom. The summed E-state index contributed by atoms with van der Waals surface area (Å²) in [5, 5.41) is 8.92. The number of rotatable bonds is 8. The molecule has 0 amide bonds. The van der Waals surface area contributed by atoms with Crippen LogP contribution in [0.1, 0.15) is 18.9 Å². The zero-order valence-electron chi connectivity index (χ0n) is 14.2. The van der Waals surface area contributed by atoms with E-state index in [1.54, 1.807) is 19.1 Å². The molecule has 0 aromatic heterocycles. The first-order valence-corrected chi connectivity index (χ1v) is 9.33. The Kier molecular flexibility index (Phi) is 6.17. The van der Waals surface area contributed by atoms with E-state index in [1.165, 1.54) is 12.1 Å². The maximum Gasteiger partial charge on any atom is 0.318 e. The van der Waals surface area contributed by atoms with E-state index in [1.807, 2.05) is 31.2 Å². The van der Waals surface area contributed by atoms with E-state index in [-0.39, 0.29) is 11.4 Å². The Hall–Kier alpha value is -2.38. The van der Waals surface area contributed by atoms with Gasteiger partial charge in [0.15, 0.2) is 0 Å². The van der Waals surface area contributed by atoms with Crippen LogP contribution in [0.4, 0.5) is 0 Å². The van der Waals surface area contributed by atoms with Gasteiger partial charge in [0.25, 0.3) is 0 Å². The molecule has 0 aliphatic heterocycles. The summed E-state index contributed by atoms with van der Waals surface area (Å²) >= 11 is 0. The van der Waals surface area contributed by atoms with Crippen molar-refractivity contribution in [3.05, 3.63) is 54.1 Å². The topological polar surface area (TPSA) is 83.9 Å². The van der Waals surface area contributed by atoms with Crippen LogP contribution in [-0.2, 0) is 14.8 Å². The molecule has 0 saturated carbocycles. The lowest BCUT2D eigenvalue weighted by Crippen LogP contribution is -2.36. The third-order valence-corrected chi connectivity index (χ3v) is 5.36. The molecule has 0 atom stereocenters. The van der Waals surface area contributed by atoms with Crippen LogP contribution < -0.4 is 4.74 Å². The van der Waals surface area contributed by atoms with Crippen molar-refractivity contribution in [3.8, 4) is 11.5 Å². The predicted octanol–water partition coefficient (Wildman–Crippen LogP) is 3.27. The summed E-state index contributed by atoms with van der Waals surface area (Å²) in [6, 6.07) is 13.4. The predicted molar refractivity (Wildman–Crippen MR) is 94.4 cm³/mol. The molecule has 0 radical (unpaired) electrons.